The molecule has 98 valence electrons. The van der Waals surface area contributed by atoms with Crippen LogP contribution in [0, 0.1) is 17.5 Å². The van der Waals surface area contributed by atoms with Crippen molar-refractivity contribution in [2.24, 2.45) is 0 Å². The first-order chi connectivity index (χ1) is 8.97. The first-order valence-corrected chi connectivity index (χ1v) is 5.29. The molecule has 0 unspecified atom stereocenters. The van der Waals surface area contributed by atoms with Crippen molar-refractivity contribution in [1.82, 2.24) is 0 Å². The van der Waals surface area contributed by atoms with Crippen LogP contribution in [0.3, 0.4) is 0 Å². The maximum Gasteiger partial charge on any atom is 0.258 e. The number of hydrogen-bond donors (Lipinski definition) is 2. The minimum absolute atomic E-state index is 0.200. The molecular weight excluding hydrogens is 257 g/mol. The van der Waals surface area contributed by atoms with Crippen LogP contribution in [0.4, 0.5) is 24.5 Å². The number of hydrogen-bond acceptors (Lipinski definition) is 2. The lowest BCUT2D eigenvalue weighted by molar-refractivity contribution is 0.102. The average Bonchev–Trinajstić information content (AvgIpc) is 2.36. The van der Waals surface area contributed by atoms with E-state index in [9.17, 15) is 18.0 Å². The fraction of sp³-hybridized carbons (Fsp3) is 0. The van der Waals surface area contributed by atoms with Crippen molar-refractivity contribution < 1.29 is 18.0 Å². The van der Waals surface area contributed by atoms with Crippen LogP contribution in [0.2, 0.25) is 0 Å². The van der Waals surface area contributed by atoms with E-state index in [2.05, 4.69) is 5.32 Å². The highest BCUT2D eigenvalue weighted by molar-refractivity contribution is 6.04. The molecule has 6 heteroatoms. The van der Waals surface area contributed by atoms with E-state index >= 15 is 0 Å². The fourth-order valence-electron chi connectivity index (χ4n) is 1.50. The van der Waals surface area contributed by atoms with Gasteiger partial charge in [-0.05, 0) is 36.4 Å². The molecule has 0 spiro atoms. The van der Waals surface area contributed by atoms with Gasteiger partial charge >= 0.3 is 0 Å². The highest BCUT2D eigenvalue weighted by Gasteiger charge is 2.14. The van der Waals surface area contributed by atoms with Crippen molar-refractivity contribution in [1.29, 1.82) is 0 Å². The second-order valence-corrected chi connectivity index (χ2v) is 3.82. The van der Waals surface area contributed by atoms with E-state index in [1.807, 2.05) is 0 Å². The Morgan fingerprint density at radius 2 is 1.68 bits per heavy atom. The summed E-state index contributed by atoms with van der Waals surface area (Å²) in [6, 6.07) is 5.99. The van der Waals surface area contributed by atoms with Crippen LogP contribution in [-0.2, 0) is 0 Å². The summed E-state index contributed by atoms with van der Waals surface area (Å²) < 4.78 is 39.7. The number of halogens is 3. The molecule has 0 aliphatic heterocycles. The van der Waals surface area contributed by atoms with E-state index < -0.39 is 28.9 Å². The van der Waals surface area contributed by atoms with Gasteiger partial charge in [0.05, 0.1) is 11.3 Å². The van der Waals surface area contributed by atoms with Crippen LogP contribution in [-0.4, -0.2) is 5.91 Å². The SMILES string of the molecule is Nc1ccc(F)c(NC(=O)c2cc(F)ccc2F)c1. The molecule has 0 radical (unpaired) electrons. The van der Waals surface area contributed by atoms with Crippen LogP contribution in [0.5, 0.6) is 0 Å². The van der Waals surface area contributed by atoms with Crippen molar-refractivity contribution in [2.45, 2.75) is 0 Å². The van der Waals surface area contributed by atoms with Crippen LogP contribution in [0.15, 0.2) is 36.4 Å². The Bertz CT molecular complexity index is 644. The topological polar surface area (TPSA) is 55.1 Å². The predicted molar refractivity (Wildman–Crippen MR) is 65.1 cm³/mol. The third kappa shape index (κ3) is 2.85. The lowest BCUT2D eigenvalue weighted by Gasteiger charge is -2.08. The van der Waals surface area contributed by atoms with Gasteiger partial charge in [0.2, 0.25) is 0 Å². The highest BCUT2D eigenvalue weighted by atomic mass is 19.1. The Morgan fingerprint density at radius 3 is 2.42 bits per heavy atom. The summed E-state index contributed by atoms with van der Waals surface area (Å²) in [5.41, 5.74) is 4.96. The first kappa shape index (κ1) is 12.9. The Hall–Kier alpha value is -2.50. The van der Waals surface area contributed by atoms with Crippen molar-refractivity contribution >= 4 is 17.3 Å². The molecule has 0 aliphatic rings. The molecular formula is C13H9F3N2O. The molecule has 1 amide bonds. The normalized spacial score (nSPS) is 10.3. The summed E-state index contributed by atoms with van der Waals surface area (Å²) in [6.07, 6.45) is 0. The zero-order chi connectivity index (χ0) is 14.0. The van der Waals surface area contributed by atoms with E-state index in [-0.39, 0.29) is 11.4 Å². The molecule has 2 aromatic rings. The Kier molecular flexibility index (Phi) is 3.41. The lowest BCUT2D eigenvalue weighted by Crippen LogP contribution is -2.15. The van der Waals surface area contributed by atoms with Crippen LogP contribution in [0.1, 0.15) is 10.4 Å². The van der Waals surface area contributed by atoms with Gasteiger partial charge in [-0.15, -0.1) is 0 Å². The summed E-state index contributed by atoms with van der Waals surface area (Å²) in [5, 5.41) is 2.13. The third-order valence-corrected chi connectivity index (χ3v) is 2.41. The molecule has 0 bridgehead atoms. The molecule has 3 N–H and O–H groups in total. The monoisotopic (exact) mass is 266 g/mol. The van der Waals surface area contributed by atoms with E-state index in [0.717, 1.165) is 24.3 Å². The lowest BCUT2D eigenvalue weighted by atomic mass is 10.2. The van der Waals surface area contributed by atoms with Gasteiger partial charge < -0.3 is 11.1 Å². The van der Waals surface area contributed by atoms with E-state index in [1.54, 1.807) is 0 Å². The van der Waals surface area contributed by atoms with Gasteiger partial charge in [-0.25, -0.2) is 13.2 Å². The molecule has 0 heterocycles. The highest BCUT2D eigenvalue weighted by Crippen LogP contribution is 2.19. The van der Waals surface area contributed by atoms with Crippen LogP contribution < -0.4 is 11.1 Å². The number of amides is 1. The van der Waals surface area contributed by atoms with Crippen LogP contribution >= 0.6 is 0 Å². The zero-order valence-electron chi connectivity index (χ0n) is 9.58. The summed E-state index contributed by atoms with van der Waals surface area (Å²) >= 11 is 0. The summed E-state index contributed by atoms with van der Waals surface area (Å²) in [4.78, 5) is 11.7. The van der Waals surface area contributed by atoms with Crippen LogP contribution in [0.25, 0.3) is 0 Å². The molecule has 0 saturated carbocycles. The Balaban J connectivity index is 2.30. The molecule has 0 aliphatic carbocycles. The molecule has 0 fully saturated rings. The van der Waals surface area contributed by atoms with Gasteiger partial charge in [-0.3, -0.25) is 4.79 Å². The minimum atomic E-state index is -0.957. The number of anilines is 2. The molecule has 19 heavy (non-hydrogen) atoms. The minimum Gasteiger partial charge on any atom is -0.399 e. The second-order valence-electron chi connectivity index (χ2n) is 3.82. The number of nitrogens with two attached hydrogens (primary N) is 1. The standard InChI is InChI=1S/C13H9F3N2O/c14-7-1-3-10(15)9(5-7)13(19)18-12-6-8(17)2-4-11(12)16/h1-6H,17H2,(H,18,19). The molecule has 2 rings (SSSR count). The van der Waals surface area contributed by atoms with Gasteiger partial charge in [0.25, 0.3) is 5.91 Å². The number of nitrogen functional groups attached to an aromatic ring is 1. The van der Waals surface area contributed by atoms with Gasteiger partial charge in [0.15, 0.2) is 0 Å². The van der Waals surface area contributed by atoms with Gasteiger partial charge in [-0.2, -0.15) is 0 Å². The smallest absolute Gasteiger partial charge is 0.258 e. The number of rotatable bonds is 2. The van der Waals surface area contributed by atoms with Gasteiger partial charge in [0.1, 0.15) is 17.5 Å². The maximum atomic E-state index is 13.4. The Morgan fingerprint density at radius 1 is 1.00 bits per heavy atom. The largest absolute Gasteiger partial charge is 0.399 e. The zero-order valence-corrected chi connectivity index (χ0v) is 9.58. The van der Waals surface area contributed by atoms with Gasteiger partial charge in [0, 0.05) is 5.69 Å². The van der Waals surface area contributed by atoms with Crippen molar-refractivity contribution in [2.75, 3.05) is 11.1 Å². The molecule has 0 saturated heterocycles. The second kappa shape index (κ2) is 5.01. The Labute approximate surface area is 106 Å². The van der Waals surface area contributed by atoms with E-state index in [0.29, 0.717) is 0 Å². The predicted octanol–water partition coefficient (Wildman–Crippen LogP) is 2.94. The van der Waals surface area contributed by atoms with Crippen molar-refractivity contribution in [3.05, 3.63) is 59.4 Å². The van der Waals surface area contributed by atoms with Crippen molar-refractivity contribution in [3.8, 4) is 0 Å². The quantitative estimate of drug-likeness (QED) is 0.821. The van der Waals surface area contributed by atoms with Gasteiger partial charge in [-0.1, -0.05) is 0 Å². The fourth-order valence-corrected chi connectivity index (χ4v) is 1.50. The number of carbonyl (C=O) groups excluding carboxylic acids is 1. The molecule has 3 nitrogen and oxygen atoms in total. The maximum absolute atomic E-state index is 13.4. The third-order valence-electron chi connectivity index (χ3n) is 2.41. The number of benzene rings is 2. The summed E-state index contributed by atoms with van der Waals surface area (Å²) in [5.74, 6) is -3.34. The first-order valence-electron chi connectivity index (χ1n) is 5.29. The molecule has 0 aromatic heterocycles. The summed E-state index contributed by atoms with van der Waals surface area (Å²) in [6.45, 7) is 0. The summed E-state index contributed by atoms with van der Waals surface area (Å²) in [7, 11) is 0. The average molecular weight is 266 g/mol. The van der Waals surface area contributed by atoms with E-state index in [4.69, 9.17) is 5.73 Å². The molecule has 2 aromatic carbocycles. The van der Waals surface area contributed by atoms with E-state index in [1.165, 1.54) is 12.1 Å². The number of carbonyl (C=O) groups is 1. The molecule has 0 atom stereocenters. The van der Waals surface area contributed by atoms with Crippen molar-refractivity contribution in [3.63, 3.8) is 0 Å². The number of nitrogens with one attached hydrogen (secondary N) is 1.